The van der Waals surface area contributed by atoms with Crippen molar-refractivity contribution in [3.05, 3.63) is 47.0 Å². The van der Waals surface area contributed by atoms with Gasteiger partial charge in [-0.25, -0.2) is 4.79 Å². The Kier molecular flexibility index (Phi) is 7.38. The summed E-state index contributed by atoms with van der Waals surface area (Å²) in [4.78, 5) is 38.9. The van der Waals surface area contributed by atoms with E-state index in [4.69, 9.17) is 18.9 Å². The van der Waals surface area contributed by atoms with Crippen molar-refractivity contribution in [3.63, 3.8) is 0 Å². The largest absolute Gasteiger partial charge is 0.461 e. The Bertz CT molecular complexity index is 1300. The van der Waals surface area contributed by atoms with Crippen molar-refractivity contribution >= 4 is 17.9 Å². The van der Waals surface area contributed by atoms with Crippen LogP contribution in [-0.4, -0.2) is 92.8 Å². The third kappa shape index (κ3) is 4.16. The minimum Gasteiger partial charge on any atom is -0.461 e. The number of aliphatic hydroxyl groups excluding tert-OH is 3. The molecule has 0 spiro atoms. The van der Waals surface area contributed by atoms with Crippen LogP contribution in [0.1, 0.15) is 64.7 Å². The molecule has 0 bridgehead atoms. The standard InChI is InChI=1S/C31H40O11/c1-15-19(34)13-30(28(4,5)38)22(15)23(41-27(37)18-10-8-7-9-11-18)25(36)29(6)20(35)12-21-31(14-39-21,42-17(3)33)24(29)26(30)40-16(2)32/h7-11,19-21,23-26,34-36,38H,12-14H2,1-6H3. The summed E-state index contributed by atoms with van der Waals surface area (Å²) in [7, 11) is 0. The number of rotatable bonds is 5. The first-order valence-electron chi connectivity index (χ1n) is 14.2. The quantitative estimate of drug-likeness (QED) is 0.223. The van der Waals surface area contributed by atoms with Crippen LogP contribution in [-0.2, 0) is 28.5 Å². The molecule has 5 rings (SSSR count). The highest BCUT2D eigenvalue weighted by Gasteiger charge is 2.79. The highest BCUT2D eigenvalue weighted by Crippen LogP contribution is 2.68. The minimum atomic E-state index is -1.76. The molecule has 4 aliphatic rings. The van der Waals surface area contributed by atoms with E-state index in [0.29, 0.717) is 5.57 Å². The summed E-state index contributed by atoms with van der Waals surface area (Å²) in [5.41, 5.74) is -5.78. The van der Waals surface area contributed by atoms with E-state index < -0.39 is 82.5 Å². The molecule has 11 nitrogen and oxygen atoms in total. The molecule has 0 radical (unpaired) electrons. The van der Waals surface area contributed by atoms with Crippen LogP contribution in [0.4, 0.5) is 0 Å². The molecule has 10 unspecified atom stereocenters. The molecule has 1 aromatic rings. The molecule has 4 N–H and O–H groups in total. The molecule has 10 atom stereocenters. The van der Waals surface area contributed by atoms with Gasteiger partial charge in [0.25, 0.3) is 0 Å². The van der Waals surface area contributed by atoms with E-state index in [-0.39, 0.29) is 30.6 Å². The number of esters is 3. The second-order valence-electron chi connectivity index (χ2n) is 13.0. The van der Waals surface area contributed by atoms with E-state index in [1.54, 1.807) is 44.2 Å². The molecule has 0 aromatic heterocycles. The van der Waals surface area contributed by atoms with Gasteiger partial charge in [-0.15, -0.1) is 0 Å². The molecule has 3 aliphatic carbocycles. The van der Waals surface area contributed by atoms with E-state index >= 15 is 0 Å². The van der Waals surface area contributed by atoms with Gasteiger partial charge in [-0.3, -0.25) is 9.59 Å². The zero-order chi connectivity index (χ0) is 31.0. The van der Waals surface area contributed by atoms with Crippen molar-refractivity contribution in [1.29, 1.82) is 0 Å². The third-order valence-corrected chi connectivity index (χ3v) is 10.3. The lowest BCUT2D eigenvalue weighted by Crippen LogP contribution is -2.78. The number of aliphatic hydroxyl groups is 4. The normalized spacial score (nSPS) is 41.0. The van der Waals surface area contributed by atoms with Gasteiger partial charge in [-0.05, 0) is 50.5 Å². The van der Waals surface area contributed by atoms with Gasteiger partial charge in [0, 0.05) is 25.7 Å². The molecule has 1 aromatic carbocycles. The summed E-state index contributed by atoms with van der Waals surface area (Å²) in [6.45, 7) is 8.48. The highest BCUT2D eigenvalue weighted by atomic mass is 16.6. The zero-order valence-corrected chi connectivity index (χ0v) is 24.7. The van der Waals surface area contributed by atoms with Crippen molar-refractivity contribution in [1.82, 2.24) is 0 Å². The second kappa shape index (κ2) is 10.1. The average Bonchev–Trinajstić information content (AvgIpc) is 3.14. The predicted molar refractivity (Wildman–Crippen MR) is 146 cm³/mol. The molecule has 3 fully saturated rings. The van der Waals surface area contributed by atoms with Crippen LogP contribution in [0.3, 0.4) is 0 Å². The van der Waals surface area contributed by atoms with Crippen LogP contribution in [0, 0.1) is 16.7 Å². The van der Waals surface area contributed by atoms with E-state index in [9.17, 15) is 34.8 Å². The molecule has 0 amide bonds. The fourth-order valence-corrected chi connectivity index (χ4v) is 8.27. The van der Waals surface area contributed by atoms with Gasteiger partial charge in [-0.1, -0.05) is 25.1 Å². The second-order valence-corrected chi connectivity index (χ2v) is 13.0. The predicted octanol–water partition coefficient (Wildman–Crippen LogP) is 1.44. The Balaban J connectivity index is 1.83. The van der Waals surface area contributed by atoms with E-state index in [0.717, 1.165) is 0 Å². The Morgan fingerprint density at radius 1 is 1.02 bits per heavy atom. The Hall–Kier alpha value is -2.83. The van der Waals surface area contributed by atoms with Crippen molar-refractivity contribution in [2.75, 3.05) is 6.61 Å². The van der Waals surface area contributed by atoms with Crippen LogP contribution >= 0.6 is 0 Å². The number of hydrogen-bond donors (Lipinski definition) is 4. The first kappa shape index (κ1) is 30.6. The van der Waals surface area contributed by atoms with Gasteiger partial charge < -0.3 is 39.4 Å². The van der Waals surface area contributed by atoms with Crippen LogP contribution in [0.15, 0.2) is 41.5 Å². The minimum absolute atomic E-state index is 0.0281. The first-order chi connectivity index (χ1) is 19.5. The van der Waals surface area contributed by atoms with Crippen molar-refractivity contribution in [2.24, 2.45) is 16.7 Å². The van der Waals surface area contributed by atoms with Crippen molar-refractivity contribution in [3.8, 4) is 0 Å². The van der Waals surface area contributed by atoms with E-state index in [1.165, 1.54) is 27.7 Å². The molecule has 1 saturated heterocycles. The van der Waals surface area contributed by atoms with Gasteiger partial charge in [-0.2, -0.15) is 0 Å². The lowest BCUT2D eigenvalue weighted by atomic mass is 9.49. The Morgan fingerprint density at radius 2 is 1.67 bits per heavy atom. The number of carbonyl (C=O) groups excluding carboxylic acids is 3. The molecule has 1 aliphatic heterocycles. The first-order valence-corrected chi connectivity index (χ1v) is 14.2. The SMILES string of the molecule is CC(=O)OC1C2C3(OC(C)=O)COC3CC(O)C2(C)C(O)C(OC(=O)c2ccccc2)C2=C(C)C(O)CC21C(C)(C)O. The topological polar surface area (TPSA) is 169 Å². The summed E-state index contributed by atoms with van der Waals surface area (Å²) in [6, 6.07) is 8.14. The molecular weight excluding hydrogens is 548 g/mol. The van der Waals surface area contributed by atoms with Crippen LogP contribution in [0.2, 0.25) is 0 Å². The molecular formula is C31H40O11. The summed E-state index contributed by atoms with van der Waals surface area (Å²) in [5, 5.41) is 47.4. The molecule has 2 saturated carbocycles. The number of ether oxygens (including phenoxy) is 4. The zero-order valence-electron chi connectivity index (χ0n) is 24.7. The van der Waals surface area contributed by atoms with Gasteiger partial charge >= 0.3 is 17.9 Å². The summed E-state index contributed by atoms with van der Waals surface area (Å²) < 4.78 is 23.9. The lowest BCUT2D eigenvalue weighted by molar-refractivity contribution is -0.352. The number of benzene rings is 1. The monoisotopic (exact) mass is 588 g/mol. The number of fused-ring (bicyclic) bond motifs is 4. The summed E-state index contributed by atoms with van der Waals surface area (Å²) in [5.74, 6) is -3.31. The molecule has 42 heavy (non-hydrogen) atoms. The number of hydrogen-bond acceptors (Lipinski definition) is 11. The third-order valence-electron chi connectivity index (χ3n) is 10.3. The van der Waals surface area contributed by atoms with Crippen LogP contribution < -0.4 is 0 Å². The molecule has 230 valence electrons. The van der Waals surface area contributed by atoms with Gasteiger partial charge in [0.05, 0.1) is 41.3 Å². The van der Waals surface area contributed by atoms with Gasteiger partial charge in [0.2, 0.25) is 0 Å². The molecule has 1 heterocycles. The molecule has 11 heteroatoms. The maximum absolute atomic E-state index is 13.5. The fourth-order valence-electron chi connectivity index (χ4n) is 8.27. The number of carbonyl (C=O) groups is 3. The maximum Gasteiger partial charge on any atom is 0.338 e. The lowest BCUT2D eigenvalue weighted by Gasteiger charge is -2.65. The summed E-state index contributed by atoms with van der Waals surface area (Å²) in [6.07, 6.45) is -7.96. The maximum atomic E-state index is 13.5. The van der Waals surface area contributed by atoms with Gasteiger partial charge in [0.1, 0.15) is 18.3 Å². The van der Waals surface area contributed by atoms with Crippen LogP contribution in [0.25, 0.3) is 0 Å². The highest BCUT2D eigenvalue weighted by molar-refractivity contribution is 5.89. The fraction of sp³-hybridized carbons (Fsp3) is 0.645. The van der Waals surface area contributed by atoms with Crippen LogP contribution in [0.5, 0.6) is 0 Å². The van der Waals surface area contributed by atoms with Crippen molar-refractivity contribution in [2.45, 2.75) is 102 Å². The van der Waals surface area contributed by atoms with Crippen molar-refractivity contribution < 1.29 is 53.8 Å². The van der Waals surface area contributed by atoms with E-state index in [1.807, 2.05) is 0 Å². The van der Waals surface area contributed by atoms with E-state index in [2.05, 4.69) is 0 Å². The van der Waals surface area contributed by atoms with Gasteiger partial charge in [0.15, 0.2) is 11.7 Å². The average molecular weight is 589 g/mol. The smallest absolute Gasteiger partial charge is 0.338 e. The Labute approximate surface area is 244 Å². The summed E-state index contributed by atoms with van der Waals surface area (Å²) >= 11 is 0. The Morgan fingerprint density at radius 3 is 2.19 bits per heavy atom.